The van der Waals surface area contributed by atoms with Crippen LogP contribution in [0.4, 0.5) is 4.39 Å². The standard InChI is InChI=1S/C16H12FN3O3/c1-23-13-7-5-10(6-8-13)15-14(16(21)22)18-19-20(15)12-4-2-3-11(17)9-12/h2-9H,1H3,(H,21,22). The van der Waals surface area contributed by atoms with Gasteiger partial charge < -0.3 is 9.84 Å². The molecule has 0 aliphatic heterocycles. The number of carbonyl (C=O) groups is 1. The summed E-state index contributed by atoms with van der Waals surface area (Å²) < 4.78 is 19.8. The molecule has 6 nitrogen and oxygen atoms in total. The predicted octanol–water partition coefficient (Wildman–Crippen LogP) is 2.78. The molecule has 0 unspecified atom stereocenters. The molecule has 0 radical (unpaired) electrons. The van der Waals surface area contributed by atoms with Crippen LogP contribution in [0.15, 0.2) is 48.5 Å². The zero-order valence-electron chi connectivity index (χ0n) is 12.1. The fourth-order valence-corrected chi connectivity index (χ4v) is 2.22. The van der Waals surface area contributed by atoms with Crippen molar-refractivity contribution in [3.05, 3.63) is 60.0 Å². The molecule has 2 aromatic carbocycles. The lowest BCUT2D eigenvalue weighted by Gasteiger charge is -2.08. The fraction of sp³-hybridized carbons (Fsp3) is 0.0625. The Hall–Kier alpha value is -3.22. The van der Waals surface area contributed by atoms with Gasteiger partial charge in [-0.2, -0.15) is 0 Å². The van der Waals surface area contributed by atoms with E-state index in [0.29, 0.717) is 17.0 Å². The first-order valence-electron chi connectivity index (χ1n) is 6.69. The average molecular weight is 313 g/mol. The van der Waals surface area contributed by atoms with Gasteiger partial charge in [0.25, 0.3) is 0 Å². The van der Waals surface area contributed by atoms with Gasteiger partial charge in [0.15, 0.2) is 5.69 Å². The van der Waals surface area contributed by atoms with Gasteiger partial charge >= 0.3 is 5.97 Å². The van der Waals surface area contributed by atoms with Gasteiger partial charge in [0, 0.05) is 5.56 Å². The highest BCUT2D eigenvalue weighted by Crippen LogP contribution is 2.27. The Bertz CT molecular complexity index is 859. The van der Waals surface area contributed by atoms with E-state index in [9.17, 15) is 14.3 Å². The van der Waals surface area contributed by atoms with Crippen molar-refractivity contribution in [2.45, 2.75) is 0 Å². The van der Waals surface area contributed by atoms with Gasteiger partial charge in [-0.1, -0.05) is 11.3 Å². The van der Waals surface area contributed by atoms with Crippen LogP contribution < -0.4 is 4.74 Å². The van der Waals surface area contributed by atoms with Crippen molar-refractivity contribution in [3.63, 3.8) is 0 Å². The summed E-state index contributed by atoms with van der Waals surface area (Å²) in [7, 11) is 1.54. The normalized spacial score (nSPS) is 10.5. The Kier molecular flexibility index (Phi) is 3.76. The van der Waals surface area contributed by atoms with Gasteiger partial charge in [0.1, 0.15) is 17.3 Å². The Morgan fingerprint density at radius 3 is 2.57 bits per heavy atom. The molecule has 0 saturated carbocycles. The molecule has 116 valence electrons. The fourth-order valence-electron chi connectivity index (χ4n) is 2.22. The largest absolute Gasteiger partial charge is 0.497 e. The maximum atomic E-state index is 13.5. The summed E-state index contributed by atoms with van der Waals surface area (Å²) in [5.41, 5.74) is 1.03. The molecule has 0 bridgehead atoms. The highest BCUT2D eigenvalue weighted by atomic mass is 19.1. The molecular formula is C16H12FN3O3. The molecule has 0 saturated heterocycles. The second kappa shape index (κ2) is 5.88. The molecule has 0 aliphatic rings. The lowest BCUT2D eigenvalue weighted by Crippen LogP contribution is -2.03. The minimum Gasteiger partial charge on any atom is -0.497 e. The zero-order chi connectivity index (χ0) is 16.4. The first-order valence-corrected chi connectivity index (χ1v) is 6.69. The number of aromatic nitrogens is 3. The van der Waals surface area contributed by atoms with Crippen LogP contribution in [0.2, 0.25) is 0 Å². The summed E-state index contributed by atoms with van der Waals surface area (Å²) in [5, 5.41) is 16.9. The molecule has 0 aliphatic carbocycles. The van der Waals surface area contributed by atoms with Crippen molar-refractivity contribution in [1.82, 2.24) is 15.0 Å². The molecule has 23 heavy (non-hydrogen) atoms. The van der Waals surface area contributed by atoms with E-state index in [1.54, 1.807) is 30.3 Å². The van der Waals surface area contributed by atoms with Gasteiger partial charge in [-0.15, -0.1) is 5.10 Å². The third-order valence-electron chi connectivity index (χ3n) is 3.29. The van der Waals surface area contributed by atoms with Crippen LogP contribution in [0.25, 0.3) is 16.9 Å². The van der Waals surface area contributed by atoms with E-state index in [-0.39, 0.29) is 11.4 Å². The molecule has 0 spiro atoms. The summed E-state index contributed by atoms with van der Waals surface area (Å²) in [5.74, 6) is -1.02. The van der Waals surface area contributed by atoms with Crippen molar-refractivity contribution in [3.8, 4) is 22.7 Å². The number of aromatic carboxylic acids is 1. The van der Waals surface area contributed by atoms with Crippen LogP contribution >= 0.6 is 0 Å². The highest BCUT2D eigenvalue weighted by molar-refractivity contribution is 5.93. The van der Waals surface area contributed by atoms with Crippen molar-refractivity contribution >= 4 is 5.97 Å². The van der Waals surface area contributed by atoms with Crippen LogP contribution in [-0.2, 0) is 0 Å². The molecule has 1 heterocycles. The quantitative estimate of drug-likeness (QED) is 0.801. The SMILES string of the molecule is COc1ccc(-c2c(C(=O)O)nnn2-c2cccc(F)c2)cc1. The van der Waals surface area contributed by atoms with Gasteiger partial charge in [0.05, 0.1) is 12.8 Å². The number of halogens is 1. The molecule has 1 aromatic heterocycles. The smallest absolute Gasteiger partial charge is 0.358 e. The lowest BCUT2D eigenvalue weighted by molar-refractivity contribution is 0.0691. The third kappa shape index (κ3) is 2.76. The Balaban J connectivity index is 2.20. The highest BCUT2D eigenvalue weighted by Gasteiger charge is 2.21. The maximum absolute atomic E-state index is 13.5. The minimum atomic E-state index is -1.21. The number of hydrogen-bond donors (Lipinski definition) is 1. The summed E-state index contributed by atoms with van der Waals surface area (Å²) in [6, 6.07) is 12.5. The number of carboxylic acid groups (broad SMARTS) is 1. The topological polar surface area (TPSA) is 77.2 Å². The van der Waals surface area contributed by atoms with Crippen LogP contribution in [0.1, 0.15) is 10.5 Å². The molecule has 3 rings (SSSR count). The van der Waals surface area contributed by atoms with E-state index >= 15 is 0 Å². The molecule has 3 aromatic rings. The van der Waals surface area contributed by atoms with Crippen LogP contribution in [0.3, 0.4) is 0 Å². The second-order valence-corrected chi connectivity index (χ2v) is 4.71. The van der Waals surface area contributed by atoms with Crippen LogP contribution in [0.5, 0.6) is 5.75 Å². The predicted molar refractivity (Wildman–Crippen MR) is 80.3 cm³/mol. The third-order valence-corrected chi connectivity index (χ3v) is 3.29. The van der Waals surface area contributed by atoms with Gasteiger partial charge in [0.2, 0.25) is 0 Å². The van der Waals surface area contributed by atoms with E-state index < -0.39 is 11.8 Å². The molecule has 0 atom stereocenters. The van der Waals surface area contributed by atoms with Crippen molar-refractivity contribution < 1.29 is 19.0 Å². The number of benzene rings is 2. The molecule has 0 fully saturated rings. The molecular weight excluding hydrogens is 301 g/mol. The monoisotopic (exact) mass is 313 g/mol. The van der Waals surface area contributed by atoms with Gasteiger partial charge in [-0.25, -0.2) is 13.9 Å². The number of hydrogen-bond acceptors (Lipinski definition) is 4. The maximum Gasteiger partial charge on any atom is 0.358 e. The molecule has 0 amide bonds. The Morgan fingerprint density at radius 1 is 1.22 bits per heavy atom. The van der Waals surface area contributed by atoms with E-state index in [4.69, 9.17) is 4.74 Å². The first-order chi connectivity index (χ1) is 11.1. The number of carboxylic acids is 1. The van der Waals surface area contributed by atoms with E-state index in [1.807, 2.05) is 0 Å². The number of methoxy groups -OCH3 is 1. The van der Waals surface area contributed by atoms with E-state index in [0.717, 1.165) is 0 Å². The zero-order valence-corrected chi connectivity index (χ0v) is 12.1. The van der Waals surface area contributed by atoms with Crippen molar-refractivity contribution in [2.24, 2.45) is 0 Å². The van der Waals surface area contributed by atoms with Gasteiger partial charge in [-0.05, 0) is 42.5 Å². The summed E-state index contributed by atoms with van der Waals surface area (Å²) in [6.45, 7) is 0. The van der Waals surface area contributed by atoms with Crippen molar-refractivity contribution in [1.29, 1.82) is 0 Å². The number of ether oxygens (including phenoxy) is 1. The number of rotatable bonds is 4. The van der Waals surface area contributed by atoms with Crippen molar-refractivity contribution in [2.75, 3.05) is 7.11 Å². The Morgan fingerprint density at radius 2 is 1.96 bits per heavy atom. The lowest BCUT2D eigenvalue weighted by atomic mass is 10.1. The first kappa shape index (κ1) is 14.7. The summed E-state index contributed by atoms with van der Waals surface area (Å²) >= 11 is 0. The second-order valence-electron chi connectivity index (χ2n) is 4.71. The van der Waals surface area contributed by atoms with Gasteiger partial charge in [-0.3, -0.25) is 0 Å². The minimum absolute atomic E-state index is 0.209. The number of nitrogens with zero attached hydrogens (tertiary/aromatic N) is 3. The van der Waals surface area contributed by atoms with Crippen LogP contribution in [-0.4, -0.2) is 33.2 Å². The van der Waals surface area contributed by atoms with Crippen LogP contribution in [0, 0.1) is 5.82 Å². The van der Waals surface area contributed by atoms with E-state index in [1.165, 1.54) is 30.0 Å². The van der Waals surface area contributed by atoms with E-state index in [2.05, 4.69) is 10.3 Å². The summed E-state index contributed by atoms with van der Waals surface area (Å²) in [4.78, 5) is 11.4. The Labute approximate surface area is 130 Å². The molecule has 7 heteroatoms. The average Bonchev–Trinajstić information content (AvgIpc) is 3.00. The summed E-state index contributed by atoms with van der Waals surface area (Å²) in [6.07, 6.45) is 0. The molecule has 1 N–H and O–H groups in total.